The van der Waals surface area contributed by atoms with E-state index in [1.54, 1.807) is 30.3 Å². The summed E-state index contributed by atoms with van der Waals surface area (Å²) >= 11 is 6.00. The molecule has 1 unspecified atom stereocenters. The first-order chi connectivity index (χ1) is 14.2. The molecule has 1 atom stereocenters. The first-order valence-corrected chi connectivity index (χ1v) is 9.68. The molecule has 1 aliphatic rings. The zero-order chi connectivity index (χ0) is 22.0. The minimum Gasteiger partial charge on any atom is -0.507 e. The van der Waals surface area contributed by atoms with Crippen molar-refractivity contribution in [1.29, 1.82) is 0 Å². The van der Waals surface area contributed by atoms with Crippen molar-refractivity contribution in [2.24, 2.45) is 0 Å². The molecule has 2 aromatic carbocycles. The van der Waals surface area contributed by atoms with E-state index in [-0.39, 0.29) is 23.4 Å². The first kappa shape index (κ1) is 21.7. The number of rotatable bonds is 6. The number of hydrogen-bond acceptors (Lipinski definition) is 6. The summed E-state index contributed by atoms with van der Waals surface area (Å²) in [6, 6.07) is 10.3. The van der Waals surface area contributed by atoms with Crippen molar-refractivity contribution in [2.45, 2.75) is 6.04 Å². The van der Waals surface area contributed by atoms with Crippen molar-refractivity contribution < 1.29 is 24.5 Å². The Morgan fingerprint density at radius 1 is 1.17 bits per heavy atom. The normalized spacial score (nSPS) is 18.3. The minimum absolute atomic E-state index is 0.0420. The number of phenolic OH excluding ortho intramolecular Hbond substituents is 1. The number of Topliss-reactive ketones (excluding diaryl/α,β-unsaturated/α-hetero) is 1. The number of carbonyl (C=O) groups excluding carboxylic acids is 2. The summed E-state index contributed by atoms with van der Waals surface area (Å²) in [6.45, 7) is 0.821. The number of aromatic hydroxyl groups is 1. The van der Waals surface area contributed by atoms with Crippen LogP contribution in [0, 0.1) is 0 Å². The number of likely N-dealkylation sites (tertiary alicyclic amines) is 1. The van der Waals surface area contributed by atoms with Crippen LogP contribution in [0.2, 0.25) is 5.02 Å². The van der Waals surface area contributed by atoms with Crippen molar-refractivity contribution in [2.75, 3.05) is 34.3 Å². The molecule has 8 heteroatoms. The van der Waals surface area contributed by atoms with Gasteiger partial charge in [-0.05, 0) is 43.9 Å². The van der Waals surface area contributed by atoms with Crippen molar-refractivity contribution >= 4 is 29.1 Å². The molecule has 0 spiro atoms. The quantitative estimate of drug-likeness (QED) is 0.416. The van der Waals surface area contributed by atoms with Crippen molar-refractivity contribution in [3.05, 3.63) is 64.2 Å². The third kappa shape index (κ3) is 4.13. The molecular formula is C22H23ClN2O5. The molecule has 1 amide bonds. The maximum absolute atomic E-state index is 12.9. The zero-order valence-electron chi connectivity index (χ0n) is 16.9. The average Bonchev–Trinajstić information content (AvgIpc) is 2.96. The maximum Gasteiger partial charge on any atom is 0.295 e. The van der Waals surface area contributed by atoms with E-state index < -0.39 is 23.5 Å². The maximum atomic E-state index is 12.9. The fourth-order valence-corrected chi connectivity index (χ4v) is 3.52. The summed E-state index contributed by atoms with van der Waals surface area (Å²) in [7, 11) is 5.18. The van der Waals surface area contributed by atoms with Crippen LogP contribution in [0.5, 0.6) is 11.5 Å². The fraction of sp³-hybridized carbons (Fsp3) is 0.273. The Kier molecular flexibility index (Phi) is 6.34. The van der Waals surface area contributed by atoms with Gasteiger partial charge in [0.05, 0.1) is 24.3 Å². The molecule has 1 fully saturated rings. The standard InChI is InChI=1S/C22H23ClN2O5/c1-24(2)10-11-25-19(13-4-6-14(23)7-5-13)18(21(28)22(25)29)20(27)16-9-8-15(30-3)12-17(16)26/h4-9,12,19,26-27H,10-11H2,1-3H3/b20-18+. The van der Waals surface area contributed by atoms with E-state index in [0.717, 1.165) is 0 Å². The number of methoxy groups -OCH3 is 1. The molecule has 30 heavy (non-hydrogen) atoms. The van der Waals surface area contributed by atoms with Crippen LogP contribution >= 0.6 is 11.6 Å². The van der Waals surface area contributed by atoms with Gasteiger partial charge in [-0.1, -0.05) is 23.7 Å². The number of nitrogens with zero attached hydrogens (tertiary/aromatic N) is 2. The highest BCUT2D eigenvalue weighted by molar-refractivity contribution is 6.46. The number of likely N-dealkylation sites (N-methyl/N-ethyl adjacent to an activating group) is 1. The third-order valence-corrected chi connectivity index (χ3v) is 5.23. The second-order valence-electron chi connectivity index (χ2n) is 7.23. The van der Waals surface area contributed by atoms with Crippen LogP contribution in [0.25, 0.3) is 5.76 Å². The molecule has 1 saturated heterocycles. The Hall–Kier alpha value is -3.03. The number of benzene rings is 2. The molecule has 1 aliphatic heterocycles. The van der Waals surface area contributed by atoms with Crippen LogP contribution in [0.15, 0.2) is 48.0 Å². The number of carbonyl (C=O) groups is 2. The van der Waals surface area contributed by atoms with Crippen molar-refractivity contribution in [1.82, 2.24) is 9.80 Å². The van der Waals surface area contributed by atoms with Gasteiger partial charge in [-0.3, -0.25) is 9.59 Å². The molecule has 0 bridgehead atoms. The summed E-state index contributed by atoms with van der Waals surface area (Å²) < 4.78 is 5.06. The predicted molar refractivity (Wildman–Crippen MR) is 114 cm³/mol. The highest BCUT2D eigenvalue weighted by atomic mass is 35.5. The molecule has 0 radical (unpaired) electrons. The van der Waals surface area contributed by atoms with Gasteiger partial charge in [0.15, 0.2) is 0 Å². The minimum atomic E-state index is -0.804. The monoisotopic (exact) mass is 430 g/mol. The molecule has 0 aliphatic carbocycles. The zero-order valence-corrected chi connectivity index (χ0v) is 17.7. The van der Waals surface area contributed by atoms with E-state index in [1.165, 1.54) is 24.1 Å². The lowest BCUT2D eigenvalue weighted by Crippen LogP contribution is -2.35. The number of aliphatic hydroxyl groups is 1. The summed E-state index contributed by atoms with van der Waals surface area (Å²) in [4.78, 5) is 29.0. The summed E-state index contributed by atoms with van der Waals surface area (Å²) in [6.07, 6.45) is 0. The van der Waals surface area contributed by atoms with Crippen LogP contribution in [0.1, 0.15) is 17.2 Å². The van der Waals surface area contributed by atoms with E-state index in [4.69, 9.17) is 16.3 Å². The molecule has 2 N–H and O–H groups in total. The molecule has 1 heterocycles. The van der Waals surface area contributed by atoms with Gasteiger partial charge >= 0.3 is 0 Å². The van der Waals surface area contributed by atoms with E-state index in [9.17, 15) is 19.8 Å². The van der Waals surface area contributed by atoms with Crippen LogP contribution in [0.3, 0.4) is 0 Å². The van der Waals surface area contributed by atoms with Gasteiger partial charge < -0.3 is 24.7 Å². The summed E-state index contributed by atoms with van der Waals surface area (Å²) in [5, 5.41) is 21.8. The molecule has 0 aromatic heterocycles. The Balaban J connectivity index is 2.16. The number of ketones is 1. The second kappa shape index (κ2) is 8.77. The van der Waals surface area contributed by atoms with Gasteiger partial charge in [-0.25, -0.2) is 0 Å². The van der Waals surface area contributed by atoms with Crippen LogP contribution < -0.4 is 4.74 Å². The number of ether oxygens (including phenoxy) is 1. The topological polar surface area (TPSA) is 90.3 Å². The summed E-state index contributed by atoms with van der Waals surface area (Å²) in [5.74, 6) is -1.82. The number of halogens is 1. The number of amides is 1. The van der Waals surface area contributed by atoms with Gasteiger partial charge in [-0.2, -0.15) is 0 Å². The molecule has 2 aromatic rings. The highest BCUT2D eigenvalue weighted by Crippen LogP contribution is 2.41. The van der Waals surface area contributed by atoms with Crippen LogP contribution in [-0.2, 0) is 9.59 Å². The lowest BCUT2D eigenvalue weighted by molar-refractivity contribution is -0.140. The van der Waals surface area contributed by atoms with Gasteiger partial charge in [0.1, 0.15) is 17.3 Å². The highest BCUT2D eigenvalue weighted by Gasteiger charge is 2.46. The Morgan fingerprint density at radius 2 is 1.83 bits per heavy atom. The van der Waals surface area contributed by atoms with Gasteiger partial charge in [0.25, 0.3) is 11.7 Å². The van der Waals surface area contributed by atoms with Crippen LogP contribution in [0.4, 0.5) is 0 Å². The molecule has 3 rings (SSSR count). The largest absolute Gasteiger partial charge is 0.507 e. The third-order valence-electron chi connectivity index (χ3n) is 4.97. The number of hydrogen-bond donors (Lipinski definition) is 2. The molecule has 7 nitrogen and oxygen atoms in total. The Morgan fingerprint density at radius 3 is 2.40 bits per heavy atom. The van der Waals surface area contributed by atoms with E-state index >= 15 is 0 Å². The molecule has 0 saturated carbocycles. The number of phenols is 1. The van der Waals surface area contributed by atoms with Gasteiger partial charge in [0, 0.05) is 24.2 Å². The second-order valence-corrected chi connectivity index (χ2v) is 7.67. The summed E-state index contributed by atoms with van der Waals surface area (Å²) in [5.41, 5.74) is 0.592. The van der Waals surface area contributed by atoms with Gasteiger partial charge in [-0.15, -0.1) is 0 Å². The Bertz CT molecular complexity index is 1000. The molecular weight excluding hydrogens is 408 g/mol. The first-order valence-electron chi connectivity index (χ1n) is 9.30. The van der Waals surface area contributed by atoms with Crippen molar-refractivity contribution in [3.8, 4) is 11.5 Å². The lowest BCUT2D eigenvalue weighted by atomic mass is 9.95. The Labute approximate surface area is 179 Å². The lowest BCUT2D eigenvalue weighted by Gasteiger charge is -2.26. The van der Waals surface area contributed by atoms with Gasteiger partial charge in [0.2, 0.25) is 0 Å². The smallest absolute Gasteiger partial charge is 0.295 e. The molecule has 158 valence electrons. The number of aliphatic hydroxyl groups excluding tert-OH is 1. The van der Waals surface area contributed by atoms with E-state index in [0.29, 0.717) is 22.9 Å². The average molecular weight is 431 g/mol. The SMILES string of the molecule is COc1ccc(/C(O)=C2\C(=O)C(=O)N(CCN(C)C)C2c2ccc(Cl)cc2)c(O)c1. The van der Waals surface area contributed by atoms with E-state index in [2.05, 4.69) is 0 Å². The van der Waals surface area contributed by atoms with Crippen LogP contribution in [-0.4, -0.2) is 66.0 Å². The fourth-order valence-electron chi connectivity index (χ4n) is 3.39. The van der Waals surface area contributed by atoms with E-state index in [1.807, 2.05) is 19.0 Å². The van der Waals surface area contributed by atoms with Crippen molar-refractivity contribution in [3.63, 3.8) is 0 Å². The predicted octanol–water partition coefficient (Wildman–Crippen LogP) is 3.04.